The zero-order chi connectivity index (χ0) is 19.8. The molecule has 0 bridgehead atoms. The Labute approximate surface area is 171 Å². The largest absolute Gasteiger partial charge is 0.494 e. The standard InChI is InChI=1S/C20H18N4O2S2/c1-2-26-17-9-7-14(8-10-17)11-18(25)22-19-23-24-20(28-19)27-13-16-5-3-15(12-21)4-6-16/h3-10H,2,11,13H2,1H3,(H,22,23,25). The summed E-state index contributed by atoms with van der Waals surface area (Å²) in [5, 5.41) is 20.2. The van der Waals surface area contributed by atoms with Crippen molar-refractivity contribution in [3.8, 4) is 11.8 Å². The zero-order valence-electron chi connectivity index (χ0n) is 15.2. The quantitative estimate of drug-likeness (QED) is 0.440. The lowest BCUT2D eigenvalue weighted by Gasteiger charge is -2.05. The van der Waals surface area contributed by atoms with Crippen LogP contribution in [0.5, 0.6) is 5.75 Å². The minimum atomic E-state index is -0.135. The van der Waals surface area contributed by atoms with Gasteiger partial charge in [0.25, 0.3) is 0 Å². The average molecular weight is 411 g/mol. The van der Waals surface area contributed by atoms with Crippen molar-refractivity contribution in [2.24, 2.45) is 0 Å². The first-order valence-electron chi connectivity index (χ1n) is 8.63. The fourth-order valence-corrected chi connectivity index (χ4v) is 4.08. The minimum absolute atomic E-state index is 0.135. The average Bonchev–Trinajstić information content (AvgIpc) is 3.15. The molecule has 8 heteroatoms. The summed E-state index contributed by atoms with van der Waals surface area (Å²) in [5.41, 5.74) is 2.64. The molecule has 0 saturated heterocycles. The number of nitrogens with zero attached hydrogens (tertiary/aromatic N) is 3. The fourth-order valence-electron chi connectivity index (χ4n) is 2.36. The lowest BCUT2D eigenvalue weighted by molar-refractivity contribution is -0.115. The van der Waals surface area contributed by atoms with Gasteiger partial charge in [-0.2, -0.15) is 5.26 Å². The molecule has 0 aliphatic heterocycles. The number of hydrogen-bond acceptors (Lipinski definition) is 7. The molecule has 3 aromatic rings. The highest BCUT2D eigenvalue weighted by Crippen LogP contribution is 2.28. The molecule has 0 radical (unpaired) electrons. The monoisotopic (exact) mass is 410 g/mol. The molecular formula is C20H18N4O2S2. The maximum atomic E-state index is 12.2. The van der Waals surface area contributed by atoms with Gasteiger partial charge in [0.1, 0.15) is 5.75 Å². The summed E-state index contributed by atoms with van der Waals surface area (Å²) in [6.45, 7) is 2.54. The van der Waals surface area contributed by atoms with E-state index in [9.17, 15) is 4.79 Å². The second-order valence-electron chi connectivity index (χ2n) is 5.77. The van der Waals surface area contributed by atoms with E-state index in [0.717, 1.165) is 27.0 Å². The van der Waals surface area contributed by atoms with Crippen LogP contribution in [-0.4, -0.2) is 22.7 Å². The summed E-state index contributed by atoms with van der Waals surface area (Å²) in [5.74, 6) is 1.38. The summed E-state index contributed by atoms with van der Waals surface area (Å²) < 4.78 is 6.18. The Hall–Kier alpha value is -2.89. The van der Waals surface area contributed by atoms with Crippen LogP contribution < -0.4 is 10.1 Å². The van der Waals surface area contributed by atoms with Gasteiger partial charge in [0.15, 0.2) is 4.34 Å². The van der Waals surface area contributed by atoms with E-state index in [0.29, 0.717) is 17.3 Å². The molecule has 0 saturated carbocycles. The number of aromatic nitrogens is 2. The van der Waals surface area contributed by atoms with Crippen LogP contribution in [0.3, 0.4) is 0 Å². The first-order chi connectivity index (χ1) is 13.7. The number of ether oxygens (including phenoxy) is 1. The van der Waals surface area contributed by atoms with Crippen LogP contribution in [0.25, 0.3) is 0 Å². The zero-order valence-corrected chi connectivity index (χ0v) is 16.8. The van der Waals surface area contributed by atoms with Crippen LogP contribution in [0.2, 0.25) is 0 Å². The number of nitriles is 1. The molecular weight excluding hydrogens is 392 g/mol. The van der Waals surface area contributed by atoms with Gasteiger partial charge in [0.05, 0.1) is 24.7 Å². The second kappa shape index (κ2) is 9.88. The molecule has 6 nitrogen and oxygen atoms in total. The van der Waals surface area contributed by atoms with Crippen molar-refractivity contribution in [3.63, 3.8) is 0 Å². The number of thioether (sulfide) groups is 1. The maximum absolute atomic E-state index is 12.2. The van der Waals surface area contributed by atoms with Crippen LogP contribution in [-0.2, 0) is 17.0 Å². The van der Waals surface area contributed by atoms with Gasteiger partial charge in [-0.3, -0.25) is 4.79 Å². The molecule has 1 N–H and O–H groups in total. The van der Waals surface area contributed by atoms with Gasteiger partial charge in [-0.05, 0) is 42.3 Å². The second-order valence-corrected chi connectivity index (χ2v) is 7.97. The molecule has 0 unspecified atom stereocenters. The number of benzene rings is 2. The smallest absolute Gasteiger partial charge is 0.230 e. The van der Waals surface area contributed by atoms with E-state index in [1.165, 1.54) is 11.3 Å². The molecule has 1 amide bonds. The first-order valence-corrected chi connectivity index (χ1v) is 10.4. The number of rotatable bonds is 8. The third kappa shape index (κ3) is 5.81. The SMILES string of the molecule is CCOc1ccc(CC(=O)Nc2nnc(SCc3ccc(C#N)cc3)s2)cc1. The van der Waals surface area contributed by atoms with E-state index in [1.54, 1.807) is 23.9 Å². The number of nitrogens with one attached hydrogen (secondary N) is 1. The Morgan fingerprint density at radius 2 is 1.86 bits per heavy atom. The van der Waals surface area contributed by atoms with Gasteiger partial charge in [-0.15, -0.1) is 10.2 Å². The molecule has 0 atom stereocenters. The molecule has 1 heterocycles. The van der Waals surface area contributed by atoms with Crippen LogP contribution >= 0.6 is 23.1 Å². The Kier molecular flexibility index (Phi) is 7.00. The summed E-state index contributed by atoms with van der Waals surface area (Å²) in [4.78, 5) is 12.2. The molecule has 3 rings (SSSR count). The minimum Gasteiger partial charge on any atom is -0.494 e. The molecule has 142 valence electrons. The van der Waals surface area contributed by atoms with Crippen molar-refractivity contribution < 1.29 is 9.53 Å². The van der Waals surface area contributed by atoms with Crippen molar-refractivity contribution in [2.75, 3.05) is 11.9 Å². The van der Waals surface area contributed by atoms with Crippen molar-refractivity contribution in [1.82, 2.24) is 10.2 Å². The Bertz CT molecular complexity index is 963. The predicted octanol–water partition coefficient (Wildman–Crippen LogP) is 4.28. The molecule has 0 aliphatic carbocycles. The molecule has 2 aromatic carbocycles. The van der Waals surface area contributed by atoms with Gasteiger partial charge in [-0.1, -0.05) is 47.4 Å². The summed E-state index contributed by atoms with van der Waals surface area (Å²) >= 11 is 2.89. The van der Waals surface area contributed by atoms with E-state index in [1.807, 2.05) is 43.3 Å². The number of carbonyl (C=O) groups excluding carboxylic acids is 1. The lowest BCUT2D eigenvalue weighted by Crippen LogP contribution is -2.14. The highest BCUT2D eigenvalue weighted by atomic mass is 32.2. The van der Waals surface area contributed by atoms with Crippen LogP contribution in [0.15, 0.2) is 52.9 Å². The molecule has 0 spiro atoms. The molecule has 28 heavy (non-hydrogen) atoms. The fraction of sp³-hybridized carbons (Fsp3) is 0.200. The van der Waals surface area contributed by atoms with Crippen molar-refractivity contribution in [2.45, 2.75) is 23.4 Å². The van der Waals surface area contributed by atoms with Gasteiger partial charge < -0.3 is 10.1 Å². The highest BCUT2D eigenvalue weighted by molar-refractivity contribution is 8.00. The lowest BCUT2D eigenvalue weighted by atomic mass is 10.1. The third-order valence-corrected chi connectivity index (χ3v) is 5.74. The summed E-state index contributed by atoms with van der Waals surface area (Å²) in [6, 6.07) is 17.0. The first kappa shape index (κ1) is 19.9. The normalized spacial score (nSPS) is 10.3. The highest BCUT2D eigenvalue weighted by Gasteiger charge is 2.10. The third-order valence-electron chi connectivity index (χ3n) is 3.70. The number of carbonyl (C=O) groups is 1. The molecule has 1 aromatic heterocycles. The van der Waals surface area contributed by atoms with E-state index < -0.39 is 0 Å². The molecule has 0 fully saturated rings. The van der Waals surface area contributed by atoms with E-state index >= 15 is 0 Å². The number of anilines is 1. The topological polar surface area (TPSA) is 87.9 Å². The van der Waals surface area contributed by atoms with E-state index in [-0.39, 0.29) is 12.3 Å². The predicted molar refractivity (Wildman–Crippen MR) is 111 cm³/mol. The number of amides is 1. The van der Waals surface area contributed by atoms with Gasteiger partial charge in [0.2, 0.25) is 11.0 Å². The van der Waals surface area contributed by atoms with Crippen molar-refractivity contribution in [3.05, 3.63) is 65.2 Å². The Morgan fingerprint density at radius 1 is 1.14 bits per heavy atom. The van der Waals surface area contributed by atoms with Gasteiger partial charge in [0, 0.05) is 5.75 Å². The Balaban J connectivity index is 1.49. The van der Waals surface area contributed by atoms with Crippen LogP contribution in [0.1, 0.15) is 23.6 Å². The van der Waals surface area contributed by atoms with Crippen molar-refractivity contribution in [1.29, 1.82) is 5.26 Å². The van der Waals surface area contributed by atoms with E-state index in [2.05, 4.69) is 21.6 Å². The molecule has 0 aliphatic rings. The van der Waals surface area contributed by atoms with Gasteiger partial charge in [-0.25, -0.2) is 0 Å². The van der Waals surface area contributed by atoms with E-state index in [4.69, 9.17) is 10.00 Å². The Morgan fingerprint density at radius 3 is 2.54 bits per heavy atom. The van der Waals surface area contributed by atoms with Crippen molar-refractivity contribution >= 4 is 34.1 Å². The summed E-state index contributed by atoms with van der Waals surface area (Å²) in [7, 11) is 0. The van der Waals surface area contributed by atoms with Gasteiger partial charge >= 0.3 is 0 Å². The summed E-state index contributed by atoms with van der Waals surface area (Å²) in [6.07, 6.45) is 0.264. The van der Waals surface area contributed by atoms with Crippen LogP contribution in [0.4, 0.5) is 5.13 Å². The van der Waals surface area contributed by atoms with Crippen LogP contribution in [0, 0.1) is 11.3 Å². The number of hydrogen-bond donors (Lipinski definition) is 1. The maximum Gasteiger partial charge on any atom is 0.230 e.